The summed E-state index contributed by atoms with van der Waals surface area (Å²) < 4.78 is 5.78. The molecule has 1 aromatic carbocycles. The highest BCUT2D eigenvalue weighted by Gasteiger charge is 2.15. The summed E-state index contributed by atoms with van der Waals surface area (Å²) in [4.78, 5) is 7.01. The van der Waals surface area contributed by atoms with Crippen LogP contribution >= 0.6 is 0 Å². The quantitative estimate of drug-likeness (QED) is 0.836. The molecule has 1 saturated heterocycles. The monoisotopic (exact) mass is 256 g/mol. The molecule has 3 nitrogen and oxygen atoms in total. The van der Waals surface area contributed by atoms with Crippen LogP contribution in [0.4, 0.5) is 5.69 Å². The lowest BCUT2D eigenvalue weighted by Gasteiger charge is -2.17. The lowest BCUT2D eigenvalue weighted by Crippen LogP contribution is -2.17. The van der Waals surface area contributed by atoms with Gasteiger partial charge in [0.05, 0.1) is 5.69 Å². The molecule has 0 N–H and O–H groups in total. The maximum absolute atomic E-state index is 5.78. The molecule has 3 heteroatoms. The van der Waals surface area contributed by atoms with Crippen molar-refractivity contribution in [2.24, 2.45) is 0 Å². The van der Waals surface area contributed by atoms with Gasteiger partial charge in [0.2, 0.25) is 5.89 Å². The second-order valence-electron chi connectivity index (χ2n) is 5.12. The summed E-state index contributed by atoms with van der Waals surface area (Å²) in [6, 6.07) is 8.53. The molecule has 0 aliphatic carbocycles. The van der Waals surface area contributed by atoms with E-state index in [0.717, 1.165) is 42.4 Å². The number of hydrogen-bond acceptors (Lipinski definition) is 3. The van der Waals surface area contributed by atoms with Gasteiger partial charge in [-0.2, -0.15) is 0 Å². The van der Waals surface area contributed by atoms with Crippen molar-refractivity contribution in [3.8, 4) is 11.5 Å². The molecule has 0 radical (unpaired) electrons. The molecule has 2 aromatic rings. The molecule has 0 atom stereocenters. The first kappa shape index (κ1) is 12.3. The smallest absolute Gasteiger partial charge is 0.226 e. The van der Waals surface area contributed by atoms with Crippen molar-refractivity contribution >= 4 is 5.69 Å². The van der Waals surface area contributed by atoms with Crippen molar-refractivity contribution in [3.05, 3.63) is 35.7 Å². The van der Waals surface area contributed by atoms with E-state index in [9.17, 15) is 0 Å². The number of aryl methyl sites for hydroxylation is 2. The predicted molar refractivity (Wildman–Crippen MR) is 77.5 cm³/mol. The summed E-state index contributed by atoms with van der Waals surface area (Å²) in [5.41, 5.74) is 3.41. The van der Waals surface area contributed by atoms with E-state index < -0.39 is 0 Å². The van der Waals surface area contributed by atoms with Crippen LogP contribution in [0.5, 0.6) is 0 Å². The minimum absolute atomic E-state index is 0.746. The maximum Gasteiger partial charge on any atom is 0.226 e. The van der Waals surface area contributed by atoms with Crippen LogP contribution in [0.25, 0.3) is 11.5 Å². The highest BCUT2D eigenvalue weighted by Crippen LogP contribution is 2.27. The van der Waals surface area contributed by atoms with Gasteiger partial charge in [-0.15, -0.1) is 0 Å². The maximum atomic E-state index is 5.78. The van der Waals surface area contributed by atoms with Gasteiger partial charge in [-0.05, 0) is 44.4 Å². The second kappa shape index (κ2) is 5.08. The summed E-state index contributed by atoms with van der Waals surface area (Å²) in [5, 5.41) is 0. The standard InChI is InChI=1S/C16H20N2O/c1-3-15-12(2)19-16(17-15)13-7-6-8-14(11-13)18-9-4-5-10-18/h6-8,11H,3-5,9-10H2,1-2H3. The molecule has 1 aromatic heterocycles. The lowest BCUT2D eigenvalue weighted by molar-refractivity contribution is 0.539. The van der Waals surface area contributed by atoms with Crippen molar-refractivity contribution in [1.82, 2.24) is 4.98 Å². The minimum Gasteiger partial charge on any atom is -0.441 e. The Balaban J connectivity index is 1.93. The van der Waals surface area contributed by atoms with E-state index in [2.05, 4.69) is 41.1 Å². The number of aromatic nitrogens is 1. The normalized spacial score (nSPS) is 15.2. The molecule has 1 aliphatic heterocycles. The number of nitrogens with zero attached hydrogens (tertiary/aromatic N) is 2. The molecular weight excluding hydrogens is 236 g/mol. The predicted octanol–water partition coefficient (Wildman–Crippen LogP) is 3.81. The zero-order chi connectivity index (χ0) is 13.2. The lowest BCUT2D eigenvalue weighted by atomic mass is 10.2. The number of anilines is 1. The summed E-state index contributed by atoms with van der Waals surface area (Å²) in [6.07, 6.45) is 3.51. The molecule has 1 fully saturated rings. The van der Waals surface area contributed by atoms with Crippen LogP contribution in [0.2, 0.25) is 0 Å². The van der Waals surface area contributed by atoms with E-state index >= 15 is 0 Å². The van der Waals surface area contributed by atoms with Crippen LogP contribution in [0.15, 0.2) is 28.7 Å². The fourth-order valence-electron chi connectivity index (χ4n) is 2.69. The van der Waals surface area contributed by atoms with E-state index in [4.69, 9.17) is 4.42 Å². The van der Waals surface area contributed by atoms with Crippen molar-refractivity contribution < 1.29 is 4.42 Å². The van der Waals surface area contributed by atoms with Gasteiger partial charge < -0.3 is 9.32 Å². The van der Waals surface area contributed by atoms with Gasteiger partial charge in [-0.3, -0.25) is 0 Å². The van der Waals surface area contributed by atoms with Gasteiger partial charge in [0, 0.05) is 24.3 Å². The Labute approximate surface area is 114 Å². The third-order valence-corrected chi connectivity index (χ3v) is 3.79. The molecule has 19 heavy (non-hydrogen) atoms. The van der Waals surface area contributed by atoms with Gasteiger partial charge in [0.25, 0.3) is 0 Å². The molecule has 0 spiro atoms. The SMILES string of the molecule is CCc1nc(-c2cccc(N3CCCC3)c2)oc1C. The first-order chi connectivity index (χ1) is 9.28. The van der Waals surface area contributed by atoms with Crippen LogP contribution in [0.1, 0.15) is 31.2 Å². The van der Waals surface area contributed by atoms with Crippen LogP contribution in [0.3, 0.4) is 0 Å². The van der Waals surface area contributed by atoms with Gasteiger partial charge in [0.15, 0.2) is 0 Å². The minimum atomic E-state index is 0.746. The average molecular weight is 256 g/mol. The Morgan fingerprint density at radius 1 is 1.26 bits per heavy atom. The number of benzene rings is 1. The van der Waals surface area contributed by atoms with Gasteiger partial charge >= 0.3 is 0 Å². The molecule has 0 saturated carbocycles. The van der Waals surface area contributed by atoms with Crippen LogP contribution in [-0.2, 0) is 6.42 Å². The van der Waals surface area contributed by atoms with Crippen molar-refractivity contribution in [1.29, 1.82) is 0 Å². The molecule has 1 aliphatic rings. The van der Waals surface area contributed by atoms with Gasteiger partial charge in [-0.25, -0.2) is 4.98 Å². The van der Waals surface area contributed by atoms with E-state index in [1.54, 1.807) is 0 Å². The number of hydrogen-bond donors (Lipinski definition) is 0. The fraction of sp³-hybridized carbons (Fsp3) is 0.438. The van der Waals surface area contributed by atoms with E-state index in [1.807, 2.05) is 6.92 Å². The van der Waals surface area contributed by atoms with E-state index in [1.165, 1.54) is 18.5 Å². The summed E-state index contributed by atoms with van der Waals surface area (Å²) >= 11 is 0. The molecule has 100 valence electrons. The van der Waals surface area contributed by atoms with Crippen molar-refractivity contribution in [2.75, 3.05) is 18.0 Å². The van der Waals surface area contributed by atoms with Gasteiger partial charge in [-0.1, -0.05) is 13.0 Å². The Hall–Kier alpha value is -1.77. The third kappa shape index (κ3) is 2.37. The Bertz CT molecular complexity index is 568. The molecule has 0 bridgehead atoms. The number of oxazole rings is 1. The second-order valence-corrected chi connectivity index (χ2v) is 5.12. The first-order valence-corrected chi connectivity index (χ1v) is 7.09. The highest BCUT2D eigenvalue weighted by atomic mass is 16.4. The van der Waals surface area contributed by atoms with E-state index in [0.29, 0.717) is 0 Å². The number of rotatable bonds is 3. The van der Waals surface area contributed by atoms with Crippen molar-refractivity contribution in [3.63, 3.8) is 0 Å². The largest absolute Gasteiger partial charge is 0.441 e. The van der Waals surface area contributed by atoms with E-state index in [-0.39, 0.29) is 0 Å². The summed E-state index contributed by atoms with van der Waals surface area (Å²) in [7, 11) is 0. The fourth-order valence-corrected chi connectivity index (χ4v) is 2.69. The summed E-state index contributed by atoms with van der Waals surface area (Å²) in [6.45, 7) is 6.41. The molecule has 0 amide bonds. The topological polar surface area (TPSA) is 29.3 Å². The van der Waals surface area contributed by atoms with Crippen LogP contribution in [-0.4, -0.2) is 18.1 Å². The van der Waals surface area contributed by atoms with Crippen LogP contribution < -0.4 is 4.90 Å². The molecule has 3 rings (SSSR count). The van der Waals surface area contributed by atoms with Crippen molar-refractivity contribution in [2.45, 2.75) is 33.1 Å². The molecular formula is C16H20N2O. The molecule has 2 heterocycles. The highest BCUT2D eigenvalue weighted by molar-refractivity contribution is 5.62. The van der Waals surface area contributed by atoms with Crippen LogP contribution in [0, 0.1) is 6.92 Å². The molecule has 0 unspecified atom stereocenters. The summed E-state index contributed by atoms with van der Waals surface area (Å²) in [5.74, 6) is 1.68. The first-order valence-electron chi connectivity index (χ1n) is 7.09. The Kier molecular flexibility index (Phi) is 3.28. The Morgan fingerprint density at radius 2 is 2.05 bits per heavy atom. The average Bonchev–Trinajstić information content (AvgIpc) is 3.08. The zero-order valence-electron chi connectivity index (χ0n) is 11.6. The third-order valence-electron chi connectivity index (χ3n) is 3.79. The zero-order valence-corrected chi connectivity index (χ0v) is 11.6. The Morgan fingerprint density at radius 3 is 2.74 bits per heavy atom. The van der Waals surface area contributed by atoms with Gasteiger partial charge in [0.1, 0.15) is 5.76 Å².